The number of rotatable bonds is 4. The molecule has 0 radical (unpaired) electrons. The highest BCUT2D eigenvalue weighted by molar-refractivity contribution is 7.17. The highest BCUT2D eigenvalue weighted by Crippen LogP contribution is 2.30. The maximum Gasteiger partial charge on any atom is 0.263 e. The number of aromatic nitrogens is 1. The van der Waals surface area contributed by atoms with Gasteiger partial charge in [-0.25, -0.2) is 4.98 Å². The Kier molecular flexibility index (Phi) is 4.27. The number of aryl methyl sites for hydroxylation is 1. The predicted molar refractivity (Wildman–Crippen MR) is 88.0 cm³/mol. The van der Waals surface area contributed by atoms with Crippen LogP contribution < -0.4 is 5.32 Å². The summed E-state index contributed by atoms with van der Waals surface area (Å²) in [6, 6.07) is 9.85. The highest BCUT2D eigenvalue weighted by Gasteiger charge is 2.31. The smallest absolute Gasteiger partial charge is 0.263 e. The van der Waals surface area contributed by atoms with Gasteiger partial charge in [0.1, 0.15) is 9.88 Å². The molecule has 1 aliphatic rings. The summed E-state index contributed by atoms with van der Waals surface area (Å²) in [5.74, 6) is -0.141. The molecule has 0 spiro atoms. The number of nitrogens with zero attached hydrogens (tertiary/aromatic N) is 1. The van der Waals surface area contributed by atoms with Gasteiger partial charge in [0.15, 0.2) is 0 Å². The lowest BCUT2D eigenvalue weighted by atomic mass is 10.0. The number of amides is 1. The molecule has 1 aromatic carbocycles. The van der Waals surface area contributed by atoms with Crippen molar-refractivity contribution in [3.63, 3.8) is 0 Å². The van der Waals surface area contributed by atoms with Gasteiger partial charge in [0.2, 0.25) is 0 Å². The van der Waals surface area contributed by atoms with E-state index in [-0.39, 0.29) is 5.91 Å². The molecule has 0 saturated heterocycles. The Balaban J connectivity index is 1.72. The standard InChI is InChI=1S/C17H20N2O2S/c1-12-14(15(20)18-11-17(21)9-5-6-10-17)22-16(19-12)13-7-3-2-4-8-13/h2-4,7-8,21H,5-6,9-11H2,1H3,(H,18,20). The number of carbonyl (C=O) groups is 1. The molecule has 1 aliphatic carbocycles. The first-order valence-corrected chi connectivity index (χ1v) is 8.42. The fraction of sp³-hybridized carbons (Fsp3) is 0.412. The largest absolute Gasteiger partial charge is 0.388 e. The van der Waals surface area contributed by atoms with E-state index in [0.717, 1.165) is 41.9 Å². The van der Waals surface area contributed by atoms with Crippen molar-refractivity contribution in [1.29, 1.82) is 0 Å². The molecule has 0 unspecified atom stereocenters. The molecule has 1 aromatic heterocycles. The molecule has 0 aliphatic heterocycles. The van der Waals surface area contributed by atoms with E-state index in [0.29, 0.717) is 11.4 Å². The fourth-order valence-electron chi connectivity index (χ4n) is 2.85. The monoisotopic (exact) mass is 316 g/mol. The summed E-state index contributed by atoms with van der Waals surface area (Å²) in [5.41, 5.74) is 1.03. The van der Waals surface area contributed by atoms with Crippen LogP contribution in [-0.2, 0) is 0 Å². The second-order valence-corrected chi connectivity index (χ2v) is 6.91. The molecule has 0 atom stereocenters. The van der Waals surface area contributed by atoms with E-state index < -0.39 is 5.60 Å². The average molecular weight is 316 g/mol. The van der Waals surface area contributed by atoms with Gasteiger partial charge < -0.3 is 10.4 Å². The minimum absolute atomic E-state index is 0.141. The molecular weight excluding hydrogens is 296 g/mol. The molecule has 22 heavy (non-hydrogen) atoms. The molecule has 2 aromatic rings. The quantitative estimate of drug-likeness (QED) is 0.911. The summed E-state index contributed by atoms with van der Waals surface area (Å²) in [7, 11) is 0. The van der Waals surface area contributed by atoms with Crippen molar-refractivity contribution < 1.29 is 9.90 Å². The third-order valence-electron chi connectivity index (χ3n) is 4.14. The Bertz CT molecular complexity index is 661. The van der Waals surface area contributed by atoms with Crippen molar-refractivity contribution in [3.8, 4) is 10.6 Å². The lowest BCUT2D eigenvalue weighted by Crippen LogP contribution is -2.40. The molecule has 1 heterocycles. The number of thiazole rings is 1. The fourth-order valence-corrected chi connectivity index (χ4v) is 3.83. The maximum atomic E-state index is 12.4. The van der Waals surface area contributed by atoms with Gasteiger partial charge in [-0.1, -0.05) is 43.2 Å². The zero-order valence-corrected chi connectivity index (χ0v) is 13.4. The summed E-state index contributed by atoms with van der Waals surface area (Å²) >= 11 is 1.40. The minimum atomic E-state index is -0.726. The normalized spacial score (nSPS) is 16.6. The van der Waals surface area contributed by atoms with Crippen LogP contribution in [0.3, 0.4) is 0 Å². The Morgan fingerprint density at radius 3 is 2.68 bits per heavy atom. The Morgan fingerprint density at radius 1 is 1.32 bits per heavy atom. The van der Waals surface area contributed by atoms with Crippen LogP contribution in [0.1, 0.15) is 41.0 Å². The molecule has 3 rings (SSSR count). The highest BCUT2D eigenvalue weighted by atomic mass is 32.1. The van der Waals surface area contributed by atoms with Gasteiger partial charge in [-0.3, -0.25) is 4.79 Å². The maximum absolute atomic E-state index is 12.4. The number of carbonyl (C=O) groups excluding carboxylic acids is 1. The van der Waals surface area contributed by atoms with Gasteiger partial charge in [-0.2, -0.15) is 0 Å². The predicted octanol–water partition coefficient (Wildman–Crippen LogP) is 3.15. The van der Waals surface area contributed by atoms with Crippen molar-refractivity contribution in [2.75, 3.05) is 6.54 Å². The Morgan fingerprint density at radius 2 is 2.00 bits per heavy atom. The van der Waals surface area contributed by atoms with Crippen LogP contribution in [0.4, 0.5) is 0 Å². The number of aliphatic hydroxyl groups is 1. The van der Waals surface area contributed by atoms with E-state index >= 15 is 0 Å². The second kappa shape index (κ2) is 6.18. The van der Waals surface area contributed by atoms with E-state index in [9.17, 15) is 9.90 Å². The van der Waals surface area contributed by atoms with Gasteiger partial charge in [0, 0.05) is 12.1 Å². The summed E-state index contributed by atoms with van der Waals surface area (Å²) in [5, 5.41) is 14.0. The van der Waals surface area contributed by atoms with Gasteiger partial charge >= 0.3 is 0 Å². The van der Waals surface area contributed by atoms with E-state index in [2.05, 4.69) is 10.3 Å². The molecule has 1 amide bonds. The van der Waals surface area contributed by atoms with E-state index in [1.54, 1.807) is 0 Å². The lowest BCUT2D eigenvalue weighted by Gasteiger charge is -2.22. The zero-order valence-electron chi connectivity index (χ0n) is 12.6. The lowest BCUT2D eigenvalue weighted by molar-refractivity contribution is 0.0450. The first-order valence-electron chi connectivity index (χ1n) is 7.61. The molecule has 1 fully saturated rings. The van der Waals surface area contributed by atoms with Gasteiger partial charge in [0.05, 0.1) is 11.3 Å². The Labute approximate surface area is 134 Å². The van der Waals surface area contributed by atoms with Crippen molar-refractivity contribution >= 4 is 17.2 Å². The molecular formula is C17H20N2O2S. The summed E-state index contributed by atoms with van der Waals surface area (Å²) < 4.78 is 0. The van der Waals surface area contributed by atoms with Gasteiger partial charge in [0.25, 0.3) is 5.91 Å². The third kappa shape index (κ3) is 3.20. The SMILES string of the molecule is Cc1nc(-c2ccccc2)sc1C(=O)NCC1(O)CCCC1. The summed E-state index contributed by atoms with van der Waals surface area (Å²) in [6.45, 7) is 2.17. The Hall–Kier alpha value is -1.72. The van der Waals surface area contributed by atoms with Crippen molar-refractivity contribution in [3.05, 3.63) is 40.9 Å². The van der Waals surface area contributed by atoms with Crippen LogP contribution in [0, 0.1) is 6.92 Å². The molecule has 2 N–H and O–H groups in total. The third-order valence-corrected chi connectivity index (χ3v) is 5.34. The van der Waals surface area contributed by atoms with Crippen LogP contribution in [0.5, 0.6) is 0 Å². The zero-order chi connectivity index (χ0) is 15.6. The van der Waals surface area contributed by atoms with Crippen LogP contribution >= 0.6 is 11.3 Å². The van der Waals surface area contributed by atoms with E-state index in [1.165, 1.54) is 11.3 Å². The molecule has 1 saturated carbocycles. The van der Waals surface area contributed by atoms with Crippen molar-refractivity contribution in [1.82, 2.24) is 10.3 Å². The number of hydrogen-bond donors (Lipinski definition) is 2. The van der Waals surface area contributed by atoms with Crippen LogP contribution in [0.15, 0.2) is 30.3 Å². The second-order valence-electron chi connectivity index (χ2n) is 5.91. The van der Waals surface area contributed by atoms with Crippen molar-refractivity contribution in [2.24, 2.45) is 0 Å². The molecule has 4 nitrogen and oxygen atoms in total. The average Bonchev–Trinajstić information content (AvgIpc) is 3.13. The molecule has 0 bridgehead atoms. The first kappa shape index (κ1) is 15.2. The minimum Gasteiger partial charge on any atom is -0.388 e. The van der Waals surface area contributed by atoms with Gasteiger partial charge in [-0.05, 0) is 19.8 Å². The van der Waals surface area contributed by atoms with E-state index in [1.807, 2.05) is 37.3 Å². The first-order chi connectivity index (χ1) is 10.6. The number of benzene rings is 1. The van der Waals surface area contributed by atoms with E-state index in [4.69, 9.17) is 0 Å². The number of hydrogen-bond acceptors (Lipinski definition) is 4. The van der Waals surface area contributed by atoms with Crippen LogP contribution in [0.2, 0.25) is 0 Å². The van der Waals surface area contributed by atoms with Gasteiger partial charge in [-0.15, -0.1) is 11.3 Å². The summed E-state index contributed by atoms with van der Waals surface area (Å²) in [6.07, 6.45) is 3.60. The van der Waals surface area contributed by atoms with Crippen LogP contribution in [-0.4, -0.2) is 28.1 Å². The van der Waals surface area contributed by atoms with Crippen molar-refractivity contribution in [2.45, 2.75) is 38.2 Å². The van der Waals surface area contributed by atoms with Crippen LogP contribution in [0.25, 0.3) is 10.6 Å². The summed E-state index contributed by atoms with van der Waals surface area (Å²) in [4.78, 5) is 17.5. The number of nitrogens with one attached hydrogen (secondary N) is 1. The topological polar surface area (TPSA) is 62.2 Å². The molecule has 116 valence electrons. The molecule has 5 heteroatoms.